The minimum Gasteiger partial charge on any atom is -0.493 e. The molecule has 1 N–H and O–H groups in total. The van der Waals surface area contributed by atoms with Crippen LogP contribution >= 0.6 is 0 Å². The number of methoxy groups -OCH3 is 2. The summed E-state index contributed by atoms with van der Waals surface area (Å²) in [4.78, 5) is 33.8. The van der Waals surface area contributed by atoms with Gasteiger partial charge in [-0.15, -0.1) is 0 Å². The molecule has 0 atom stereocenters. The SMILES string of the molecule is COc1cc2c(c(OC(C)=O)c1OC)[N]C(=O)C(=O)N2. The van der Waals surface area contributed by atoms with Gasteiger partial charge in [0.2, 0.25) is 11.5 Å². The summed E-state index contributed by atoms with van der Waals surface area (Å²) in [5, 5.41) is 5.94. The lowest BCUT2D eigenvalue weighted by Gasteiger charge is -2.21. The van der Waals surface area contributed by atoms with Gasteiger partial charge in [-0.1, -0.05) is 0 Å². The van der Waals surface area contributed by atoms with Crippen LogP contribution in [0.15, 0.2) is 6.07 Å². The lowest BCUT2D eigenvalue weighted by atomic mass is 10.1. The fourth-order valence-corrected chi connectivity index (χ4v) is 1.72. The van der Waals surface area contributed by atoms with E-state index in [1.165, 1.54) is 27.2 Å². The topological polar surface area (TPSA) is 105 Å². The molecular weight excluding hydrogens is 268 g/mol. The lowest BCUT2D eigenvalue weighted by molar-refractivity contribution is -0.136. The first kappa shape index (κ1) is 13.7. The van der Waals surface area contributed by atoms with Gasteiger partial charge in [-0.25, -0.2) is 0 Å². The average Bonchev–Trinajstić information content (AvgIpc) is 2.39. The molecule has 2 rings (SSSR count). The summed E-state index contributed by atoms with van der Waals surface area (Å²) >= 11 is 0. The van der Waals surface area contributed by atoms with Crippen molar-refractivity contribution in [3.05, 3.63) is 6.07 Å². The minimum absolute atomic E-state index is 0.0162. The second kappa shape index (κ2) is 5.08. The molecule has 0 fully saturated rings. The number of carbonyl (C=O) groups excluding carboxylic acids is 3. The van der Waals surface area contributed by atoms with E-state index in [9.17, 15) is 14.4 Å². The van der Waals surface area contributed by atoms with E-state index in [0.717, 1.165) is 0 Å². The molecule has 1 aromatic rings. The Bertz CT molecular complexity index is 610. The van der Waals surface area contributed by atoms with Crippen molar-refractivity contribution in [2.75, 3.05) is 19.5 Å². The number of rotatable bonds is 3. The number of hydrogen-bond donors (Lipinski definition) is 1. The summed E-state index contributed by atoms with van der Waals surface area (Å²) in [7, 11) is 2.73. The molecule has 8 nitrogen and oxygen atoms in total. The summed E-state index contributed by atoms with van der Waals surface area (Å²) in [6.07, 6.45) is 0. The van der Waals surface area contributed by atoms with E-state index in [1.54, 1.807) is 0 Å². The Labute approximate surface area is 114 Å². The number of fused-ring (bicyclic) bond motifs is 1. The van der Waals surface area contributed by atoms with Crippen molar-refractivity contribution < 1.29 is 28.6 Å². The number of benzene rings is 1. The van der Waals surface area contributed by atoms with Gasteiger partial charge >= 0.3 is 17.8 Å². The Morgan fingerprint density at radius 2 is 1.90 bits per heavy atom. The average molecular weight is 279 g/mol. The molecule has 0 saturated heterocycles. The number of nitrogens with one attached hydrogen (secondary N) is 1. The molecule has 0 saturated carbocycles. The molecule has 1 heterocycles. The Balaban J connectivity index is 2.66. The predicted octanol–water partition coefficient (Wildman–Crippen LogP) is 0.344. The van der Waals surface area contributed by atoms with Crippen molar-refractivity contribution in [3.8, 4) is 17.2 Å². The first-order valence-electron chi connectivity index (χ1n) is 5.52. The number of hydrogen-bond acceptors (Lipinski definition) is 6. The quantitative estimate of drug-likeness (QED) is 0.486. The second-order valence-corrected chi connectivity index (χ2v) is 3.80. The van der Waals surface area contributed by atoms with Crippen molar-refractivity contribution in [2.45, 2.75) is 6.92 Å². The molecule has 0 aliphatic carbocycles. The first-order chi connectivity index (χ1) is 9.47. The molecule has 0 aromatic heterocycles. The van der Waals surface area contributed by atoms with Gasteiger partial charge in [0.15, 0.2) is 5.75 Å². The van der Waals surface area contributed by atoms with Gasteiger partial charge in [0.1, 0.15) is 5.69 Å². The maximum atomic E-state index is 11.4. The molecule has 0 spiro atoms. The maximum absolute atomic E-state index is 11.4. The molecule has 1 aromatic carbocycles. The van der Waals surface area contributed by atoms with Gasteiger partial charge in [0, 0.05) is 13.0 Å². The van der Waals surface area contributed by atoms with Crippen molar-refractivity contribution in [3.63, 3.8) is 0 Å². The zero-order valence-electron chi connectivity index (χ0n) is 11.0. The molecule has 20 heavy (non-hydrogen) atoms. The largest absolute Gasteiger partial charge is 0.493 e. The van der Waals surface area contributed by atoms with Crippen LogP contribution in [0.5, 0.6) is 17.2 Å². The van der Waals surface area contributed by atoms with Crippen molar-refractivity contribution in [1.82, 2.24) is 5.32 Å². The highest BCUT2D eigenvalue weighted by molar-refractivity contribution is 6.42. The van der Waals surface area contributed by atoms with Gasteiger partial charge < -0.3 is 19.5 Å². The van der Waals surface area contributed by atoms with Gasteiger partial charge in [0.05, 0.1) is 19.9 Å². The van der Waals surface area contributed by atoms with E-state index in [4.69, 9.17) is 14.2 Å². The van der Waals surface area contributed by atoms with E-state index in [2.05, 4.69) is 10.6 Å². The minimum atomic E-state index is -0.988. The number of esters is 1. The van der Waals surface area contributed by atoms with E-state index in [0.29, 0.717) is 0 Å². The number of carbonyl (C=O) groups is 3. The third kappa shape index (κ3) is 2.22. The van der Waals surface area contributed by atoms with Crippen LogP contribution in [0.1, 0.15) is 6.92 Å². The van der Waals surface area contributed by atoms with E-state index >= 15 is 0 Å². The van der Waals surface area contributed by atoms with Crippen LogP contribution in [0, 0.1) is 0 Å². The van der Waals surface area contributed by atoms with Crippen molar-refractivity contribution >= 4 is 29.2 Å². The normalized spacial score (nSPS) is 12.9. The molecule has 1 aliphatic heterocycles. The molecule has 0 unspecified atom stereocenters. The van der Waals surface area contributed by atoms with Crippen LogP contribution in [-0.4, -0.2) is 32.0 Å². The monoisotopic (exact) mass is 279 g/mol. The number of nitrogens with zero attached hydrogens (tertiary/aromatic N) is 1. The van der Waals surface area contributed by atoms with E-state index in [1.807, 2.05) is 0 Å². The van der Waals surface area contributed by atoms with Crippen molar-refractivity contribution in [1.29, 1.82) is 0 Å². The number of anilines is 1. The van der Waals surface area contributed by atoms with Crippen LogP contribution in [-0.2, 0) is 14.4 Å². The number of ether oxygens (including phenoxy) is 3. The Kier molecular flexibility index (Phi) is 3.47. The summed E-state index contributed by atoms with van der Waals surface area (Å²) < 4.78 is 15.2. The molecule has 2 amide bonds. The number of amides is 2. The molecule has 1 aliphatic rings. The van der Waals surface area contributed by atoms with Crippen LogP contribution in [0.2, 0.25) is 0 Å². The zero-order chi connectivity index (χ0) is 14.9. The summed E-state index contributed by atoms with van der Waals surface area (Å²) in [5.74, 6) is -2.24. The zero-order valence-corrected chi connectivity index (χ0v) is 11.0. The molecule has 1 radical (unpaired) electrons. The third-order valence-electron chi connectivity index (χ3n) is 2.50. The fourth-order valence-electron chi connectivity index (χ4n) is 1.72. The standard InChI is InChI=1S/C12H11N2O6/c1-5(15)20-10-8-6(13-11(16)12(17)14-8)4-7(18-2)9(10)19-3/h4H,1-3H3,(H,13,16). The highest BCUT2D eigenvalue weighted by atomic mass is 16.6. The maximum Gasteiger partial charge on any atom is 0.336 e. The highest BCUT2D eigenvalue weighted by Gasteiger charge is 2.32. The Morgan fingerprint density at radius 3 is 2.45 bits per heavy atom. The Morgan fingerprint density at radius 1 is 1.20 bits per heavy atom. The highest BCUT2D eigenvalue weighted by Crippen LogP contribution is 2.48. The van der Waals surface area contributed by atoms with E-state index in [-0.39, 0.29) is 28.6 Å². The smallest absolute Gasteiger partial charge is 0.336 e. The molecular formula is C12H11N2O6. The van der Waals surface area contributed by atoms with Gasteiger partial charge in [-0.2, -0.15) is 5.32 Å². The second-order valence-electron chi connectivity index (χ2n) is 3.80. The summed E-state index contributed by atoms with van der Waals surface area (Å²) in [6, 6.07) is 1.43. The summed E-state index contributed by atoms with van der Waals surface area (Å²) in [5.41, 5.74) is 0.214. The first-order valence-corrected chi connectivity index (χ1v) is 5.52. The Hall–Kier alpha value is -2.77. The van der Waals surface area contributed by atoms with Crippen LogP contribution in [0.25, 0.3) is 0 Å². The van der Waals surface area contributed by atoms with Gasteiger partial charge in [0.25, 0.3) is 0 Å². The predicted molar refractivity (Wildman–Crippen MR) is 66.3 cm³/mol. The summed E-state index contributed by atoms with van der Waals surface area (Å²) in [6.45, 7) is 1.19. The van der Waals surface area contributed by atoms with E-state index < -0.39 is 17.8 Å². The van der Waals surface area contributed by atoms with Crippen LogP contribution in [0.3, 0.4) is 0 Å². The fraction of sp³-hybridized carbons (Fsp3) is 0.250. The van der Waals surface area contributed by atoms with Gasteiger partial charge in [-0.05, 0) is 0 Å². The molecule has 0 bridgehead atoms. The van der Waals surface area contributed by atoms with Crippen molar-refractivity contribution in [2.24, 2.45) is 0 Å². The third-order valence-corrected chi connectivity index (χ3v) is 2.50. The molecule has 8 heteroatoms. The molecule has 105 valence electrons. The van der Waals surface area contributed by atoms with Crippen LogP contribution < -0.4 is 24.8 Å². The lowest BCUT2D eigenvalue weighted by Crippen LogP contribution is -2.33. The van der Waals surface area contributed by atoms with Crippen LogP contribution in [0.4, 0.5) is 11.4 Å². The van der Waals surface area contributed by atoms with Gasteiger partial charge in [-0.3, -0.25) is 14.4 Å².